The van der Waals surface area contributed by atoms with Crippen LogP contribution in [0.5, 0.6) is 11.5 Å². The van der Waals surface area contributed by atoms with Crippen LogP contribution in [0, 0.1) is 0 Å². The number of nitrogens with two attached hydrogens (primary N) is 1. The van der Waals surface area contributed by atoms with Crippen molar-refractivity contribution < 1.29 is 14.3 Å². The van der Waals surface area contributed by atoms with Crippen LogP contribution < -0.4 is 20.5 Å². The Bertz CT molecular complexity index is 727. The molecule has 1 aliphatic rings. The molecule has 3 N–H and O–H groups in total. The van der Waals surface area contributed by atoms with Crippen molar-refractivity contribution >= 4 is 42.1 Å². The number of unbranched alkanes of at least 4 members (excludes halogenated alkanes) is 1. The third kappa shape index (κ3) is 5.23. The number of thiazole rings is 1. The van der Waals surface area contributed by atoms with Crippen LogP contribution in [0.25, 0.3) is 10.6 Å². The first-order valence-electron chi connectivity index (χ1n) is 8.07. The maximum atomic E-state index is 12.3. The molecule has 144 valence electrons. The Kier molecular flexibility index (Phi) is 9.15. The van der Waals surface area contributed by atoms with Gasteiger partial charge in [0, 0.05) is 23.5 Å². The van der Waals surface area contributed by atoms with Gasteiger partial charge in [-0.25, -0.2) is 4.98 Å². The summed E-state index contributed by atoms with van der Waals surface area (Å²) in [6, 6.07) is 5.65. The summed E-state index contributed by atoms with van der Waals surface area (Å²) in [5, 5.41) is 5.50. The first-order chi connectivity index (χ1) is 11.7. The molecule has 6 nitrogen and oxygen atoms in total. The molecule has 26 heavy (non-hydrogen) atoms. The Morgan fingerprint density at radius 1 is 1.35 bits per heavy atom. The third-order valence-electron chi connectivity index (χ3n) is 3.88. The number of ether oxygens (including phenoxy) is 2. The molecular weight excluding hydrogens is 397 g/mol. The van der Waals surface area contributed by atoms with E-state index in [1.807, 2.05) is 18.2 Å². The van der Waals surface area contributed by atoms with Gasteiger partial charge in [-0.1, -0.05) is 19.8 Å². The van der Waals surface area contributed by atoms with Crippen molar-refractivity contribution in [3.63, 3.8) is 0 Å². The van der Waals surface area contributed by atoms with Gasteiger partial charge in [-0.3, -0.25) is 4.79 Å². The molecule has 0 radical (unpaired) electrons. The van der Waals surface area contributed by atoms with E-state index in [0.717, 1.165) is 35.6 Å². The van der Waals surface area contributed by atoms with Crippen molar-refractivity contribution in [1.29, 1.82) is 0 Å². The second kappa shape index (κ2) is 10.6. The van der Waals surface area contributed by atoms with E-state index in [2.05, 4.69) is 17.2 Å². The van der Waals surface area contributed by atoms with E-state index in [-0.39, 0.29) is 43.6 Å². The number of halogens is 2. The van der Waals surface area contributed by atoms with E-state index >= 15 is 0 Å². The maximum absolute atomic E-state index is 12.3. The molecule has 0 saturated carbocycles. The summed E-state index contributed by atoms with van der Waals surface area (Å²) in [6.45, 7) is 2.79. The molecule has 0 saturated heterocycles. The Labute approximate surface area is 169 Å². The average Bonchev–Trinajstić information content (AvgIpc) is 3.26. The zero-order chi connectivity index (χ0) is 16.9. The number of nitrogens with one attached hydrogen (secondary N) is 1. The number of carbonyl (C=O) groups is 1. The molecule has 0 fully saturated rings. The third-order valence-corrected chi connectivity index (χ3v) is 4.77. The average molecular weight is 420 g/mol. The lowest BCUT2D eigenvalue weighted by molar-refractivity contribution is 0.0931. The standard InChI is InChI=1S/C17H21N3O3S.2ClH/c1-2-3-4-12(8-18)19-16(21)13-9-24-17(20-13)11-5-6-14-15(7-11)23-10-22-14;;/h5-7,9,12H,2-4,8,10,18H2,1H3,(H,19,21);2*1H. The molecule has 1 unspecified atom stereocenters. The molecule has 0 bridgehead atoms. The van der Waals surface area contributed by atoms with Gasteiger partial charge < -0.3 is 20.5 Å². The van der Waals surface area contributed by atoms with Gasteiger partial charge in [0.1, 0.15) is 10.7 Å². The molecule has 9 heteroatoms. The van der Waals surface area contributed by atoms with Gasteiger partial charge in [0.25, 0.3) is 5.91 Å². The lowest BCUT2D eigenvalue weighted by atomic mass is 10.1. The number of amides is 1. The van der Waals surface area contributed by atoms with E-state index in [1.54, 1.807) is 5.38 Å². The summed E-state index contributed by atoms with van der Waals surface area (Å²) in [5.41, 5.74) is 7.06. The molecule has 2 heterocycles. The summed E-state index contributed by atoms with van der Waals surface area (Å²) in [7, 11) is 0. The molecule has 2 aromatic rings. The minimum Gasteiger partial charge on any atom is -0.454 e. The van der Waals surface area contributed by atoms with E-state index in [9.17, 15) is 4.79 Å². The smallest absolute Gasteiger partial charge is 0.271 e. The van der Waals surface area contributed by atoms with Crippen molar-refractivity contribution in [1.82, 2.24) is 10.3 Å². The van der Waals surface area contributed by atoms with Gasteiger partial charge in [-0.05, 0) is 24.6 Å². The zero-order valence-corrected chi connectivity index (χ0v) is 16.8. The van der Waals surface area contributed by atoms with Crippen LogP contribution in [0.3, 0.4) is 0 Å². The lowest BCUT2D eigenvalue weighted by Crippen LogP contribution is -2.40. The van der Waals surface area contributed by atoms with E-state index in [1.165, 1.54) is 11.3 Å². The molecule has 1 amide bonds. The maximum Gasteiger partial charge on any atom is 0.271 e. The SMILES string of the molecule is CCCCC(CN)NC(=O)c1csc(-c2ccc3c(c2)OCO3)n1.Cl.Cl. The first kappa shape index (κ1) is 22.5. The van der Waals surface area contributed by atoms with Gasteiger partial charge in [0.05, 0.1) is 0 Å². The van der Waals surface area contributed by atoms with Gasteiger partial charge >= 0.3 is 0 Å². The predicted molar refractivity (Wildman–Crippen MR) is 108 cm³/mol. The second-order valence-electron chi connectivity index (χ2n) is 5.65. The highest BCUT2D eigenvalue weighted by molar-refractivity contribution is 7.13. The molecule has 0 spiro atoms. The molecule has 3 rings (SSSR count). The van der Waals surface area contributed by atoms with Crippen molar-refractivity contribution in [3.8, 4) is 22.1 Å². The molecular formula is C17H23Cl2N3O3S. The van der Waals surface area contributed by atoms with Crippen LogP contribution in [-0.4, -0.2) is 30.3 Å². The molecule has 1 aromatic heterocycles. The van der Waals surface area contributed by atoms with Gasteiger partial charge in [-0.15, -0.1) is 36.2 Å². The first-order valence-corrected chi connectivity index (χ1v) is 8.95. The number of fused-ring (bicyclic) bond motifs is 1. The van der Waals surface area contributed by atoms with Crippen LogP contribution in [0.1, 0.15) is 36.7 Å². The number of nitrogens with zero attached hydrogens (tertiary/aromatic N) is 1. The summed E-state index contributed by atoms with van der Waals surface area (Å²) in [4.78, 5) is 16.8. The largest absolute Gasteiger partial charge is 0.454 e. The highest BCUT2D eigenvalue weighted by Gasteiger charge is 2.18. The topological polar surface area (TPSA) is 86.5 Å². The van der Waals surface area contributed by atoms with E-state index in [0.29, 0.717) is 18.0 Å². The van der Waals surface area contributed by atoms with E-state index in [4.69, 9.17) is 15.2 Å². The number of hydrogen-bond acceptors (Lipinski definition) is 6. The number of hydrogen-bond donors (Lipinski definition) is 2. The molecule has 0 aliphatic carbocycles. The van der Waals surface area contributed by atoms with Gasteiger partial charge in [-0.2, -0.15) is 0 Å². The normalized spacial score (nSPS) is 12.7. The Balaban J connectivity index is 0.00000169. The van der Waals surface area contributed by atoms with Crippen molar-refractivity contribution in [3.05, 3.63) is 29.3 Å². The predicted octanol–water partition coefficient (Wildman–Crippen LogP) is 3.63. The van der Waals surface area contributed by atoms with Crippen LogP contribution in [0.15, 0.2) is 23.6 Å². The Hall–Kier alpha value is -1.54. The summed E-state index contributed by atoms with van der Waals surface area (Å²) >= 11 is 1.43. The Morgan fingerprint density at radius 2 is 2.12 bits per heavy atom. The van der Waals surface area contributed by atoms with Crippen LogP contribution in [-0.2, 0) is 0 Å². The molecule has 1 atom stereocenters. The number of carbonyl (C=O) groups excluding carboxylic acids is 1. The molecule has 1 aliphatic heterocycles. The van der Waals surface area contributed by atoms with Gasteiger partial charge in [0.15, 0.2) is 11.5 Å². The van der Waals surface area contributed by atoms with Crippen molar-refractivity contribution in [2.75, 3.05) is 13.3 Å². The zero-order valence-electron chi connectivity index (χ0n) is 14.4. The van der Waals surface area contributed by atoms with Crippen LogP contribution in [0.2, 0.25) is 0 Å². The quantitative estimate of drug-likeness (QED) is 0.715. The minimum absolute atomic E-state index is 0. The Morgan fingerprint density at radius 3 is 2.85 bits per heavy atom. The lowest BCUT2D eigenvalue weighted by Gasteiger charge is -2.15. The van der Waals surface area contributed by atoms with Gasteiger partial charge in [0.2, 0.25) is 6.79 Å². The number of rotatable bonds is 7. The van der Waals surface area contributed by atoms with E-state index < -0.39 is 0 Å². The van der Waals surface area contributed by atoms with Crippen LogP contribution in [0.4, 0.5) is 0 Å². The fourth-order valence-corrected chi connectivity index (χ4v) is 3.30. The fourth-order valence-electron chi connectivity index (χ4n) is 2.50. The molecule has 1 aromatic carbocycles. The summed E-state index contributed by atoms with van der Waals surface area (Å²) < 4.78 is 10.7. The van der Waals surface area contributed by atoms with Crippen LogP contribution >= 0.6 is 36.2 Å². The van der Waals surface area contributed by atoms with Crippen molar-refractivity contribution in [2.24, 2.45) is 5.73 Å². The monoisotopic (exact) mass is 419 g/mol. The highest BCUT2D eigenvalue weighted by Crippen LogP contribution is 2.36. The number of benzene rings is 1. The fraction of sp³-hybridized carbons (Fsp3) is 0.412. The summed E-state index contributed by atoms with van der Waals surface area (Å²) in [5.74, 6) is 1.26. The summed E-state index contributed by atoms with van der Waals surface area (Å²) in [6.07, 6.45) is 3.01. The second-order valence-corrected chi connectivity index (χ2v) is 6.51. The van der Waals surface area contributed by atoms with Crippen molar-refractivity contribution in [2.45, 2.75) is 32.2 Å². The number of aromatic nitrogens is 1. The minimum atomic E-state index is -0.176. The highest BCUT2D eigenvalue weighted by atomic mass is 35.5.